The van der Waals surface area contributed by atoms with Gasteiger partial charge in [-0.25, -0.2) is 13.2 Å². The number of para-hydroxylation sites is 1. The minimum absolute atomic E-state index is 0.0349. The van der Waals surface area contributed by atoms with Crippen molar-refractivity contribution in [2.75, 3.05) is 5.32 Å². The summed E-state index contributed by atoms with van der Waals surface area (Å²) in [5, 5.41) is 3.08. The number of hydrogen-bond acceptors (Lipinski definition) is 2. The minimum atomic E-state index is -0.753. The maximum Gasteiger partial charge on any atom is 0.152 e. The van der Waals surface area contributed by atoms with Crippen molar-refractivity contribution in [1.29, 1.82) is 0 Å². The molecule has 3 rings (SSSR count). The predicted molar refractivity (Wildman–Crippen MR) is 71.3 cm³/mol. The summed E-state index contributed by atoms with van der Waals surface area (Å²) in [6.45, 7) is 0. The Morgan fingerprint density at radius 2 is 1.65 bits per heavy atom. The lowest BCUT2D eigenvalue weighted by molar-refractivity contribution is 0.590. The van der Waals surface area contributed by atoms with Crippen LogP contribution in [0.5, 0.6) is 0 Å². The van der Waals surface area contributed by atoms with Crippen molar-refractivity contribution >= 4 is 22.3 Å². The van der Waals surface area contributed by atoms with E-state index in [4.69, 9.17) is 0 Å². The molecule has 2 nitrogen and oxygen atoms in total. The fraction of sp³-hybridized carbons (Fsp3) is 0. The van der Waals surface area contributed by atoms with E-state index < -0.39 is 17.5 Å². The molecule has 20 heavy (non-hydrogen) atoms. The summed E-state index contributed by atoms with van der Waals surface area (Å²) >= 11 is 0. The van der Waals surface area contributed by atoms with Gasteiger partial charge in [-0.15, -0.1) is 0 Å². The summed E-state index contributed by atoms with van der Waals surface area (Å²) < 4.78 is 40.6. The summed E-state index contributed by atoms with van der Waals surface area (Å²) in [4.78, 5) is 3.87. The Balaban J connectivity index is 2.15. The number of rotatable bonds is 2. The summed E-state index contributed by atoms with van der Waals surface area (Å²) in [7, 11) is 0. The van der Waals surface area contributed by atoms with Gasteiger partial charge in [-0.1, -0.05) is 12.1 Å². The second-order valence-corrected chi connectivity index (χ2v) is 4.25. The van der Waals surface area contributed by atoms with E-state index in [1.165, 1.54) is 24.4 Å². The van der Waals surface area contributed by atoms with Crippen LogP contribution in [-0.2, 0) is 0 Å². The van der Waals surface area contributed by atoms with Crippen LogP contribution in [-0.4, -0.2) is 4.98 Å². The standard InChI is InChI=1S/C15H9F3N2/c16-9-7-10-13(5-6-19-15(10)12(18)8-9)20-14-4-2-1-3-11(14)17/h1-8H,(H,19,20). The second-order valence-electron chi connectivity index (χ2n) is 4.25. The Hall–Kier alpha value is -2.56. The molecule has 2 aromatic carbocycles. The summed E-state index contributed by atoms with van der Waals surface area (Å²) in [6, 6.07) is 9.52. The number of anilines is 2. The van der Waals surface area contributed by atoms with Crippen molar-refractivity contribution in [3.63, 3.8) is 0 Å². The van der Waals surface area contributed by atoms with Crippen LogP contribution < -0.4 is 5.32 Å². The van der Waals surface area contributed by atoms with E-state index in [-0.39, 0.29) is 16.6 Å². The summed E-state index contributed by atoms with van der Waals surface area (Å²) in [5.41, 5.74) is 0.649. The largest absolute Gasteiger partial charge is 0.353 e. The van der Waals surface area contributed by atoms with Gasteiger partial charge in [0.15, 0.2) is 5.82 Å². The number of nitrogens with one attached hydrogen (secondary N) is 1. The topological polar surface area (TPSA) is 24.9 Å². The van der Waals surface area contributed by atoms with Gasteiger partial charge in [0.05, 0.1) is 5.69 Å². The summed E-state index contributed by atoms with van der Waals surface area (Å²) in [6.07, 6.45) is 1.38. The van der Waals surface area contributed by atoms with E-state index in [0.717, 1.165) is 12.1 Å². The Morgan fingerprint density at radius 3 is 2.45 bits per heavy atom. The zero-order chi connectivity index (χ0) is 14.1. The molecule has 0 bridgehead atoms. The molecule has 100 valence electrons. The number of benzene rings is 2. The van der Waals surface area contributed by atoms with Crippen LogP contribution in [0.4, 0.5) is 24.5 Å². The van der Waals surface area contributed by atoms with Gasteiger partial charge in [0.1, 0.15) is 17.2 Å². The number of halogens is 3. The average Bonchev–Trinajstić information content (AvgIpc) is 2.42. The zero-order valence-corrected chi connectivity index (χ0v) is 10.2. The maximum absolute atomic E-state index is 13.6. The molecule has 3 aromatic rings. The van der Waals surface area contributed by atoms with E-state index >= 15 is 0 Å². The predicted octanol–water partition coefficient (Wildman–Crippen LogP) is 4.40. The third-order valence-corrected chi connectivity index (χ3v) is 2.91. The SMILES string of the molecule is Fc1cc(F)c2nccc(Nc3ccccc3F)c2c1. The fourth-order valence-electron chi connectivity index (χ4n) is 2.00. The van der Waals surface area contributed by atoms with E-state index in [1.807, 2.05) is 0 Å². The molecule has 0 aliphatic heterocycles. The van der Waals surface area contributed by atoms with Crippen molar-refractivity contribution in [1.82, 2.24) is 4.98 Å². The van der Waals surface area contributed by atoms with Crippen LogP contribution in [0, 0.1) is 17.5 Å². The first-order chi connectivity index (χ1) is 9.65. The molecule has 1 N–H and O–H groups in total. The van der Waals surface area contributed by atoms with Crippen LogP contribution in [0.15, 0.2) is 48.7 Å². The quantitative estimate of drug-likeness (QED) is 0.749. The molecular formula is C15H9F3N2. The Labute approximate surface area is 112 Å². The fourth-order valence-corrected chi connectivity index (χ4v) is 2.00. The lowest BCUT2D eigenvalue weighted by atomic mass is 10.1. The lowest BCUT2D eigenvalue weighted by Gasteiger charge is -2.10. The van der Waals surface area contributed by atoms with E-state index in [0.29, 0.717) is 5.69 Å². The van der Waals surface area contributed by atoms with Crippen molar-refractivity contribution in [2.45, 2.75) is 0 Å². The van der Waals surface area contributed by atoms with Crippen LogP contribution >= 0.6 is 0 Å². The molecule has 0 spiro atoms. The normalized spacial score (nSPS) is 10.8. The molecular weight excluding hydrogens is 265 g/mol. The zero-order valence-electron chi connectivity index (χ0n) is 10.2. The van der Waals surface area contributed by atoms with Crippen molar-refractivity contribution < 1.29 is 13.2 Å². The van der Waals surface area contributed by atoms with Gasteiger partial charge in [-0.05, 0) is 24.3 Å². The van der Waals surface area contributed by atoms with Gasteiger partial charge in [-0.3, -0.25) is 4.98 Å². The molecule has 0 saturated carbocycles. The van der Waals surface area contributed by atoms with Crippen molar-refractivity contribution in [3.05, 3.63) is 66.1 Å². The monoisotopic (exact) mass is 274 g/mol. The molecule has 0 fully saturated rings. The molecule has 0 atom stereocenters. The number of hydrogen-bond donors (Lipinski definition) is 1. The highest BCUT2D eigenvalue weighted by Gasteiger charge is 2.10. The average molecular weight is 274 g/mol. The highest BCUT2D eigenvalue weighted by molar-refractivity contribution is 5.93. The smallest absolute Gasteiger partial charge is 0.152 e. The first kappa shape index (κ1) is 12.5. The lowest BCUT2D eigenvalue weighted by Crippen LogP contribution is -1.96. The Morgan fingerprint density at radius 1 is 0.850 bits per heavy atom. The Bertz CT molecular complexity index is 787. The molecule has 0 radical (unpaired) electrons. The van der Waals surface area contributed by atoms with Gasteiger partial charge in [0.2, 0.25) is 0 Å². The molecule has 0 unspecified atom stereocenters. The molecule has 0 amide bonds. The van der Waals surface area contributed by atoms with Crippen molar-refractivity contribution in [2.24, 2.45) is 0 Å². The minimum Gasteiger partial charge on any atom is -0.353 e. The van der Waals surface area contributed by atoms with Crippen LogP contribution in [0.3, 0.4) is 0 Å². The summed E-state index contributed by atoms with van der Waals surface area (Å²) in [5.74, 6) is -1.91. The van der Waals surface area contributed by atoms with Crippen molar-refractivity contribution in [3.8, 4) is 0 Å². The third-order valence-electron chi connectivity index (χ3n) is 2.91. The molecule has 1 aromatic heterocycles. The van der Waals surface area contributed by atoms with Crippen LogP contribution in [0.1, 0.15) is 0 Å². The van der Waals surface area contributed by atoms with Crippen LogP contribution in [0.25, 0.3) is 10.9 Å². The number of pyridine rings is 1. The number of nitrogens with zero attached hydrogens (tertiary/aromatic N) is 1. The highest BCUT2D eigenvalue weighted by atomic mass is 19.1. The first-order valence-corrected chi connectivity index (χ1v) is 5.90. The second kappa shape index (κ2) is 4.85. The van der Waals surface area contributed by atoms with Gasteiger partial charge < -0.3 is 5.32 Å². The number of fused-ring (bicyclic) bond motifs is 1. The molecule has 1 heterocycles. The van der Waals surface area contributed by atoms with Gasteiger partial charge in [0, 0.05) is 23.3 Å². The van der Waals surface area contributed by atoms with E-state index in [1.54, 1.807) is 12.1 Å². The first-order valence-electron chi connectivity index (χ1n) is 5.90. The molecule has 5 heteroatoms. The molecule has 0 aliphatic carbocycles. The highest BCUT2D eigenvalue weighted by Crippen LogP contribution is 2.28. The Kier molecular flexibility index (Phi) is 3.02. The van der Waals surface area contributed by atoms with E-state index in [9.17, 15) is 13.2 Å². The molecule has 0 aliphatic rings. The number of aromatic nitrogens is 1. The molecule has 0 saturated heterocycles. The van der Waals surface area contributed by atoms with E-state index in [2.05, 4.69) is 10.3 Å². The van der Waals surface area contributed by atoms with Gasteiger partial charge in [0.25, 0.3) is 0 Å². The third kappa shape index (κ3) is 2.18. The maximum atomic E-state index is 13.6. The van der Waals surface area contributed by atoms with Gasteiger partial charge in [-0.2, -0.15) is 0 Å². The van der Waals surface area contributed by atoms with Crippen LogP contribution in [0.2, 0.25) is 0 Å². The van der Waals surface area contributed by atoms with Gasteiger partial charge >= 0.3 is 0 Å².